The molecule has 1 aromatic rings. The number of aromatic nitrogens is 2. The average Bonchev–Trinajstić information content (AvgIpc) is 3.28. The Kier molecular flexibility index (Phi) is 4.41. The molecule has 22 heavy (non-hydrogen) atoms. The van der Waals surface area contributed by atoms with Crippen LogP contribution in [0.3, 0.4) is 0 Å². The molecule has 1 aromatic heterocycles. The van der Waals surface area contributed by atoms with Crippen molar-refractivity contribution in [1.82, 2.24) is 9.78 Å². The molecule has 2 saturated carbocycles. The summed E-state index contributed by atoms with van der Waals surface area (Å²) in [5, 5.41) is 17.4. The summed E-state index contributed by atoms with van der Waals surface area (Å²) in [6, 6.07) is 0.830. The van der Waals surface area contributed by atoms with Crippen molar-refractivity contribution in [2.75, 3.05) is 5.32 Å². The van der Waals surface area contributed by atoms with E-state index in [4.69, 9.17) is 5.11 Å². The smallest absolute Gasteiger partial charge is 0.306 e. The topological polar surface area (TPSA) is 67.2 Å². The molecule has 5 nitrogen and oxygen atoms in total. The fourth-order valence-corrected chi connectivity index (χ4v) is 3.48. The van der Waals surface area contributed by atoms with E-state index in [0.717, 1.165) is 32.1 Å². The summed E-state index contributed by atoms with van der Waals surface area (Å²) in [7, 11) is 0. The van der Waals surface area contributed by atoms with E-state index in [-0.39, 0.29) is 5.92 Å². The Morgan fingerprint density at radius 2 is 2.05 bits per heavy atom. The molecule has 5 heteroatoms. The van der Waals surface area contributed by atoms with E-state index >= 15 is 0 Å². The second-order valence-electron chi connectivity index (χ2n) is 6.95. The molecular formula is C17H27N3O2. The average molecular weight is 305 g/mol. The van der Waals surface area contributed by atoms with Gasteiger partial charge < -0.3 is 10.4 Å². The van der Waals surface area contributed by atoms with Gasteiger partial charge in [0.1, 0.15) is 0 Å². The first-order valence-electron chi connectivity index (χ1n) is 8.66. The molecule has 2 N–H and O–H groups in total. The summed E-state index contributed by atoms with van der Waals surface area (Å²) < 4.78 is 2.20. The Balaban J connectivity index is 1.68. The zero-order chi connectivity index (χ0) is 15.7. The number of anilines is 1. The molecule has 0 aliphatic heterocycles. The second-order valence-corrected chi connectivity index (χ2v) is 6.95. The summed E-state index contributed by atoms with van der Waals surface area (Å²) >= 11 is 0. The van der Waals surface area contributed by atoms with E-state index in [9.17, 15) is 4.79 Å². The van der Waals surface area contributed by atoms with Crippen LogP contribution in [-0.4, -0.2) is 26.9 Å². The standard InChI is InChI=1S/C17H27N3O2/c1-3-11(2)20-16(12-4-5-12)15(10-18-20)19-14-8-6-13(7-9-14)17(21)22/h10-14,19H,3-9H2,1-2H3,(H,21,22). The molecule has 1 heterocycles. The van der Waals surface area contributed by atoms with Crippen molar-refractivity contribution in [2.45, 2.75) is 76.8 Å². The normalized spacial score (nSPS) is 26.6. The SMILES string of the molecule is CCC(C)n1ncc(NC2CCC(C(=O)O)CC2)c1C1CC1. The van der Waals surface area contributed by atoms with Crippen LogP contribution in [-0.2, 0) is 4.79 Å². The Morgan fingerprint density at radius 1 is 1.36 bits per heavy atom. The summed E-state index contributed by atoms with van der Waals surface area (Å²) in [6.45, 7) is 4.42. The van der Waals surface area contributed by atoms with Crippen LogP contribution in [0, 0.1) is 5.92 Å². The van der Waals surface area contributed by atoms with Gasteiger partial charge in [0.2, 0.25) is 0 Å². The van der Waals surface area contributed by atoms with Gasteiger partial charge >= 0.3 is 5.97 Å². The fourth-order valence-electron chi connectivity index (χ4n) is 3.48. The molecule has 0 aromatic carbocycles. The van der Waals surface area contributed by atoms with Crippen molar-refractivity contribution in [3.05, 3.63) is 11.9 Å². The van der Waals surface area contributed by atoms with Crippen LogP contribution in [0.1, 0.15) is 76.4 Å². The quantitative estimate of drug-likeness (QED) is 0.839. The van der Waals surface area contributed by atoms with Gasteiger partial charge in [0, 0.05) is 18.0 Å². The van der Waals surface area contributed by atoms with Crippen LogP contribution in [0.25, 0.3) is 0 Å². The summed E-state index contributed by atoms with van der Waals surface area (Å²) in [5.74, 6) is -0.125. The molecule has 0 amide bonds. The van der Waals surface area contributed by atoms with Gasteiger partial charge in [-0.05, 0) is 51.9 Å². The fraction of sp³-hybridized carbons (Fsp3) is 0.765. The van der Waals surface area contributed by atoms with Gasteiger partial charge in [-0.25, -0.2) is 0 Å². The van der Waals surface area contributed by atoms with Crippen LogP contribution >= 0.6 is 0 Å². The van der Waals surface area contributed by atoms with Crippen LogP contribution < -0.4 is 5.32 Å². The maximum atomic E-state index is 11.0. The van der Waals surface area contributed by atoms with Gasteiger partial charge in [0.25, 0.3) is 0 Å². The van der Waals surface area contributed by atoms with Gasteiger partial charge in [-0.2, -0.15) is 5.10 Å². The molecule has 2 fully saturated rings. The number of carboxylic acids is 1. The third-order valence-corrected chi connectivity index (χ3v) is 5.24. The summed E-state index contributed by atoms with van der Waals surface area (Å²) in [6.07, 6.45) is 9.04. The number of hydrogen-bond acceptors (Lipinski definition) is 3. The minimum Gasteiger partial charge on any atom is -0.481 e. The number of rotatable bonds is 6. The van der Waals surface area contributed by atoms with Crippen LogP contribution in [0.15, 0.2) is 6.20 Å². The van der Waals surface area contributed by atoms with Crippen molar-refractivity contribution in [3.63, 3.8) is 0 Å². The Labute approximate surface area is 132 Å². The lowest BCUT2D eigenvalue weighted by molar-refractivity contribution is -0.142. The number of carbonyl (C=O) groups is 1. The number of hydrogen-bond donors (Lipinski definition) is 2. The van der Waals surface area contributed by atoms with Crippen molar-refractivity contribution >= 4 is 11.7 Å². The summed E-state index contributed by atoms with van der Waals surface area (Å²) in [5.41, 5.74) is 2.55. The van der Waals surface area contributed by atoms with E-state index in [2.05, 4.69) is 28.9 Å². The van der Waals surface area contributed by atoms with Gasteiger partial charge in [-0.1, -0.05) is 6.92 Å². The lowest BCUT2D eigenvalue weighted by Gasteiger charge is -2.27. The Morgan fingerprint density at radius 3 is 2.59 bits per heavy atom. The highest BCUT2D eigenvalue weighted by atomic mass is 16.4. The predicted octanol–water partition coefficient (Wildman–Crippen LogP) is 3.79. The lowest BCUT2D eigenvalue weighted by atomic mass is 9.86. The number of carboxylic acid groups (broad SMARTS) is 1. The van der Waals surface area contributed by atoms with E-state index in [1.54, 1.807) is 0 Å². The third kappa shape index (κ3) is 3.13. The molecular weight excluding hydrogens is 278 g/mol. The van der Waals surface area contributed by atoms with E-state index in [1.807, 2.05) is 6.20 Å². The molecule has 0 bridgehead atoms. The van der Waals surface area contributed by atoms with E-state index in [1.165, 1.54) is 24.2 Å². The van der Waals surface area contributed by atoms with E-state index < -0.39 is 5.97 Å². The van der Waals surface area contributed by atoms with Crippen molar-refractivity contribution < 1.29 is 9.90 Å². The zero-order valence-corrected chi connectivity index (χ0v) is 13.6. The van der Waals surface area contributed by atoms with E-state index in [0.29, 0.717) is 18.0 Å². The van der Waals surface area contributed by atoms with Gasteiger partial charge in [0.05, 0.1) is 23.5 Å². The molecule has 1 atom stereocenters. The third-order valence-electron chi connectivity index (χ3n) is 5.24. The van der Waals surface area contributed by atoms with Crippen LogP contribution in [0.2, 0.25) is 0 Å². The highest BCUT2D eigenvalue weighted by molar-refractivity contribution is 5.70. The summed E-state index contributed by atoms with van der Waals surface area (Å²) in [4.78, 5) is 11.0. The Hall–Kier alpha value is -1.52. The van der Waals surface area contributed by atoms with Crippen molar-refractivity contribution in [1.29, 1.82) is 0 Å². The number of aliphatic carboxylic acids is 1. The molecule has 2 aliphatic rings. The second kappa shape index (κ2) is 6.31. The largest absolute Gasteiger partial charge is 0.481 e. The number of nitrogens with one attached hydrogen (secondary N) is 1. The highest BCUT2D eigenvalue weighted by Gasteiger charge is 2.33. The number of nitrogens with zero attached hydrogens (tertiary/aromatic N) is 2. The van der Waals surface area contributed by atoms with Gasteiger partial charge in [-0.3, -0.25) is 9.48 Å². The van der Waals surface area contributed by atoms with Crippen LogP contribution in [0.5, 0.6) is 0 Å². The first kappa shape index (κ1) is 15.4. The molecule has 2 aliphatic carbocycles. The molecule has 0 saturated heterocycles. The molecule has 122 valence electrons. The molecule has 3 rings (SSSR count). The van der Waals surface area contributed by atoms with Crippen LogP contribution in [0.4, 0.5) is 5.69 Å². The van der Waals surface area contributed by atoms with Gasteiger partial charge in [0.15, 0.2) is 0 Å². The maximum absolute atomic E-state index is 11.0. The molecule has 0 radical (unpaired) electrons. The molecule has 0 spiro atoms. The van der Waals surface area contributed by atoms with Crippen molar-refractivity contribution in [3.8, 4) is 0 Å². The van der Waals surface area contributed by atoms with Crippen molar-refractivity contribution in [2.24, 2.45) is 5.92 Å². The zero-order valence-electron chi connectivity index (χ0n) is 13.6. The minimum atomic E-state index is -0.637. The van der Waals surface area contributed by atoms with Gasteiger partial charge in [-0.15, -0.1) is 0 Å². The highest BCUT2D eigenvalue weighted by Crippen LogP contribution is 2.45. The molecule has 1 unspecified atom stereocenters. The minimum absolute atomic E-state index is 0.149. The predicted molar refractivity (Wildman–Crippen MR) is 86.2 cm³/mol. The maximum Gasteiger partial charge on any atom is 0.306 e. The monoisotopic (exact) mass is 305 g/mol. The Bertz CT molecular complexity index is 528. The first-order chi connectivity index (χ1) is 10.6. The first-order valence-corrected chi connectivity index (χ1v) is 8.66. The lowest BCUT2D eigenvalue weighted by Crippen LogP contribution is -2.29.